The second-order valence-electron chi connectivity index (χ2n) is 3.32. The number of ether oxygens (including phenoxy) is 1. The van der Waals surface area contributed by atoms with E-state index in [9.17, 15) is 0 Å². The van der Waals surface area contributed by atoms with Crippen LogP contribution < -0.4 is 10.5 Å². The van der Waals surface area contributed by atoms with Gasteiger partial charge in [0.2, 0.25) is 5.88 Å². The molecule has 0 spiro atoms. The first kappa shape index (κ1) is 8.29. The molecule has 0 amide bonds. The van der Waals surface area contributed by atoms with Crippen molar-refractivity contribution in [3.8, 4) is 5.88 Å². The van der Waals surface area contributed by atoms with E-state index in [4.69, 9.17) is 10.5 Å². The van der Waals surface area contributed by atoms with Crippen LogP contribution in [-0.4, -0.2) is 16.3 Å². The van der Waals surface area contributed by atoms with Gasteiger partial charge in [-0.05, 0) is 31.7 Å². The van der Waals surface area contributed by atoms with Gasteiger partial charge in [0.05, 0.1) is 0 Å². The van der Waals surface area contributed by atoms with Crippen molar-refractivity contribution >= 4 is 5.82 Å². The molecule has 2 rings (SSSR count). The Bertz CT molecular complexity index is 267. The molecule has 2 N–H and O–H groups in total. The molecule has 4 nitrogen and oxygen atoms in total. The van der Waals surface area contributed by atoms with Gasteiger partial charge in [-0.3, -0.25) is 0 Å². The highest BCUT2D eigenvalue weighted by Crippen LogP contribution is 2.22. The van der Waals surface area contributed by atoms with Crippen molar-refractivity contribution in [2.24, 2.45) is 0 Å². The summed E-state index contributed by atoms with van der Waals surface area (Å²) in [6.07, 6.45) is 5.11. The lowest BCUT2D eigenvalue weighted by atomic mass is 10.3. The Kier molecular flexibility index (Phi) is 2.29. The topological polar surface area (TPSA) is 61.0 Å². The maximum Gasteiger partial charge on any atom is 0.233 e. The molecule has 1 heterocycles. The van der Waals surface area contributed by atoms with Crippen molar-refractivity contribution in [2.45, 2.75) is 31.8 Å². The molecule has 0 radical (unpaired) electrons. The summed E-state index contributed by atoms with van der Waals surface area (Å²) in [6, 6.07) is 3.47. The summed E-state index contributed by atoms with van der Waals surface area (Å²) in [5.41, 5.74) is 5.41. The fraction of sp³-hybridized carbons (Fsp3) is 0.556. The van der Waals surface area contributed by atoms with E-state index in [2.05, 4.69) is 10.2 Å². The summed E-state index contributed by atoms with van der Waals surface area (Å²) < 4.78 is 5.60. The fourth-order valence-corrected chi connectivity index (χ4v) is 1.57. The molecule has 0 aromatic carbocycles. The maximum absolute atomic E-state index is 5.60. The second kappa shape index (κ2) is 3.60. The number of nitrogens with zero attached hydrogens (tertiary/aromatic N) is 2. The van der Waals surface area contributed by atoms with Crippen LogP contribution >= 0.6 is 0 Å². The van der Waals surface area contributed by atoms with Crippen LogP contribution in [0.15, 0.2) is 12.1 Å². The van der Waals surface area contributed by atoms with Gasteiger partial charge in [0, 0.05) is 6.07 Å². The zero-order valence-electron chi connectivity index (χ0n) is 7.44. The number of nitrogen functional groups attached to an aromatic ring is 1. The molecule has 1 aromatic heterocycles. The van der Waals surface area contributed by atoms with Crippen LogP contribution in [0.5, 0.6) is 5.88 Å². The zero-order valence-corrected chi connectivity index (χ0v) is 7.44. The van der Waals surface area contributed by atoms with Gasteiger partial charge in [-0.1, -0.05) is 0 Å². The molecule has 0 saturated heterocycles. The van der Waals surface area contributed by atoms with E-state index in [1.54, 1.807) is 12.1 Å². The molecule has 0 atom stereocenters. The van der Waals surface area contributed by atoms with Gasteiger partial charge in [-0.15, -0.1) is 10.2 Å². The monoisotopic (exact) mass is 179 g/mol. The summed E-state index contributed by atoms with van der Waals surface area (Å²) in [7, 11) is 0. The minimum atomic E-state index is 0.331. The van der Waals surface area contributed by atoms with Gasteiger partial charge in [0.15, 0.2) is 0 Å². The molecular weight excluding hydrogens is 166 g/mol. The van der Waals surface area contributed by atoms with Crippen LogP contribution in [0.4, 0.5) is 5.82 Å². The van der Waals surface area contributed by atoms with Crippen LogP contribution in [0.2, 0.25) is 0 Å². The number of anilines is 1. The minimum absolute atomic E-state index is 0.331. The highest BCUT2D eigenvalue weighted by Gasteiger charge is 2.16. The van der Waals surface area contributed by atoms with E-state index in [0.29, 0.717) is 17.8 Å². The Balaban J connectivity index is 1.97. The Morgan fingerprint density at radius 3 is 2.62 bits per heavy atom. The summed E-state index contributed by atoms with van der Waals surface area (Å²) in [4.78, 5) is 0. The van der Waals surface area contributed by atoms with Gasteiger partial charge in [-0.2, -0.15) is 0 Å². The van der Waals surface area contributed by atoms with E-state index in [-0.39, 0.29) is 0 Å². The molecular formula is C9H13N3O. The molecule has 1 saturated carbocycles. The largest absolute Gasteiger partial charge is 0.473 e. The van der Waals surface area contributed by atoms with Crippen molar-refractivity contribution in [1.82, 2.24) is 10.2 Å². The second-order valence-corrected chi connectivity index (χ2v) is 3.32. The minimum Gasteiger partial charge on any atom is -0.473 e. The van der Waals surface area contributed by atoms with Crippen LogP contribution in [0.25, 0.3) is 0 Å². The highest BCUT2D eigenvalue weighted by molar-refractivity contribution is 5.27. The molecule has 0 aliphatic heterocycles. The number of rotatable bonds is 2. The fourth-order valence-electron chi connectivity index (χ4n) is 1.57. The molecule has 13 heavy (non-hydrogen) atoms. The van der Waals surface area contributed by atoms with Crippen molar-refractivity contribution in [3.63, 3.8) is 0 Å². The maximum atomic E-state index is 5.60. The quantitative estimate of drug-likeness (QED) is 0.745. The lowest BCUT2D eigenvalue weighted by molar-refractivity contribution is 0.199. The standard InChI is InChI=1S/C9H13N3O/c10-8-5-6-9(12-11-8)13-7-3-1-2-4-7/h5-7H,1-4H2,(H2,10,11). The van der Waals surface area contributed by atoms with Gasteiger partial charge in [0.25, 0.3) is 0 Å². The Morgan fingerprint density at radius 2 is 2.00 bits per heavy atom. The molecule has 4 heteroatoms. The van der Waals surface area contributed by atoms with Gasteiger partial charge >= 0.3 is 0 Å². The number of hydrogen-bond acceptors (Lipinski definition) is 4. The summed E-state index contributed by atoms with van der Waals surface area (Å²) >= 11 is 0. The predicted molar refractivity (Wildman–Crippen MR) is 49.3 cm³/mol. The lowest BCUT2D eigenvalue weighted by Gasteiger charge is -2.10. The smallest absolute Gasteiger partial charge is 0.233 e. The predicted octanol–water partition coefficient (Wildman–Crippen LogP) is 1.38. The van der Waals surface area contributed by atoms with Crippen LogP contribution in [0, 0.1) is 0 Å². The highest BCUT2D eigenvalue weighted by atomic mass is 16.5. The van der Waals surface area contributed by atoms with Crippen molar-refractivity contribution in [2.75, 3.05) is 5.73 Å². The third-order valence-electron chi connectivity index (χ3n) is 2.25. The van der Waals surface area contributed by atoms with Gasteiger partial charge in [-0.25, -0.2) is 0 Å². The third-order valence-corrected chi connectivity index (χ3v) is 2.25. The van der Waals surface area contributed by atoms with Crippen LogP contribution in [0.3, 0.4) is 0 Å². The van der Waals surface area contributed by atoms with E-state index in [1.165, 1.54) is 12.8 Å². The van der Waals surface area contributed by atoms with Crippen molar-refractivity contribution < 1.29 is 4.74 Å². The van der Waals surface area contributed by atoms with Crippen molar-refractivity contribution in [3.05, 3.63) is 12.1 Å². The normalized spacial score (nSPS) is 17.5. The number of aromatic nitrogens is 2. The first-order valence-corrected chi connectivity index (χ1v) is 4.60. The summed E-state index contributed by atoms with van der Waals surface area (Å²) in [6.45, 7) is 0. The van der Waals surface area contributed by atoms with E-state index in [1.807, 2.05) is 0 Å². The lowest BCUT2D eigenvalue weighted by Crippen LogP contribution is -2.12. The van der Waals surface area contributed by atoms with Gasteiger partial charge < -0.3 is 10.5 Å². The molecule has 1 aromatic rings. The van der Waals surface area contributed by atoms with Crippen molar-refractivity contribution in [1.29, 1.82) is 0 Å². The number of hydrogen-bond donors (Lipinski definition) is 1. The third kappa shape index (κ3) is 2.08. The molecule has 1 aliphatic rings. The SMILES string of the molecule is Nc1ccc(OC2CCCC2)nn1. The Hall–Kier alpha value is -1.32. The summed E-state index contributed by atoms with van der Waals surface area (Å²) in [5.74, 6) is 1.01. The zero-order chi connectivity index (χ0) is 9.10. The van der Waals surface area contributed by atoms with Crippen LogP contribution in [-0.2, 0) is 0 Å². The first-order chi connectivity index (χ1) is 6.34. The van der Waals surface area contributed by atoms with Crippen LogP contribution in [0.1, 0.15) is 25.7 Å². The molecule has 1 fully saturated rings. The Labute approximate surface area is 77.1 Å². The average Bonchev–Trinajstić information content (AvgIpc) is 2.62. The average molecular weight is 179 g/mol. The molecule has 0 bridgehead atoms. The summed E-state index contributed by atoms with van der Waals surface area (Å²) in [5, 5.41) is 7.57. The first-order valence-electron chi connectivity index (χ1n) is 4.60. The molecule has 1 aliphatic carbocycles. The van der Waals surface area contributed by atoms with E-state index >= 15 is 0 Å². The van der Waals surface area contributed by atoms with Gasteiger partial charge in [0.1, 0.15) is 11.9 Å². The molecule has 0 unspecified atom stereocenters. The Morgan fingerprint density at radius 1 is 1.23 bits per heavy atom. The number of nitrogens with two attached hydrogens (primary N) is 1. The van der Waals surface area contributed by atoms with E-state index in [0.717, 1.165) is 12.8 Å². The molecule has 70 valence electrons. The van der Waals surface area contributed by atoms with E-state index < -0.39 is 0 Å².